The second-order valence-corrected chi connectivity index (χ2v) is 5.71. The SMILES string of the molecule is CCCCCCCCCCOC(=O)c1cc(OC)cc(OC)c1. The zero-order valence-corrected chi connectivity index (χ0v) is 14.7. The van der Waals surface area contributed by atoms with E-state index in [0.29, 0.717) is 23.7 Å². The summed E-state index contributed by atoms with van der Waals surface area (Å²) in [6.07, 6.45) is 9.80. The number of esters is 1. The van der Waals surface area contributed by atoms with E-state index in [2.05, 4.69) is 6.92 Å². The highest BCUT2D eigenvalue weighted by Crippen LogP contribution is 2.23. The molecule has 4 heteroatoms. The van der Waals surface area contributed by atoms with Crippen LogP contribution in [0.3, 0.4) is 0 Å². The highest BCUT2D eigenvalue weighted by atomic mass is 16.5. The lowest BCUT2D eigenvalue weighted by Crippen LogP contribution is -2.07. The molecule has 0 radical (unpaired) electrons. The third kappa shape index (κ3) is 7.91. The van der Waals surface area contributed by atoms with Gasteiger partial charge in [0.05, 0.1) is 26.4 Å². The van der Waals surface area contributed by atoms with E-state index >= 15 is 0 Å². The summed E-state index contributed by atoms with van der Waals surface area (Å²) < 4.78 is 15.6. The minimum Gasteiger partial charge on any atom is -0.497 e. The molecule has 0 amide bonds. The fourth-order valence-corrected chi connectivity index (χ4v) is 2.41. The molecule has 23 heavy (non-hydrogen) atoms. The molecule has 0 aromatic heterocycles. The molecule has 0 aliphatic rings. The van der Waals surface area contributed by atoms with Crippen LogP contribution in [0.25, 0.3) is 0 Å². The van der Waals surface area contributed by atoms with E-state index in [0.717, 1.165) is 12.8 Å². The van der Waals surface area contributed by atoms with Gasteiger partial charge in [-0.15, -0.1) is 0 Å². The highest BCUT2D eigenvalue weighted by molar-refractivity contribution is 5.90. The molecule has 0 bridgehead atoms. The molecule has 0 aliphatic carbocycles. The third-order valence-corrected chi connectivity index (χ3v) is 3.82. The second kappa shape index (κ2) is 11.8. The van der Waals surface area contributed by atoms with Gasteiger partial charge in [-0.1, -0.05) is 51.9 Å². The van der Waals surface area contributed by atoms with Crippen molar-refractivity contribution in [1.29, 1.82) is 0 Å². The summed E-state index contributed by atoms with van der Waals surface area (Å²) in [5, 5.41) is 0. The van der Waals surface area contributed by atoms with Gasteiger partial charge in [-0.05, 0) is 18.6 Å². The number of benzene rings is 1. The molecular weight excluding hydrogens is 292 g/mol. The zero-order chi connectivity index (χ0) is 16.9. The molecule has 0 aliphatic heterocycles. The first kappa shape index (κ1) is 19.3. The van der Waals surface area contributed by atoms with Crippen LogP contribution in [0.2, 0.25) is 0 Å². The van der Waals surface area contributed by atoms with Crippen molar-refractivity contribution in [2.24, 2.45) is 0 Å². The normalized spacial score (nSPS) is 10.4. The Kier molecular flexibility index (Phi) is 9.92. The van der Waals surface area contributed by atoms with Gasteiger partial charge in [0.2, 0.25) is 0 Å². The summed E-state index contributed by atoms with van der Waals surface area (Å²) in [7, 11) is 3.12. The van der Waals surface area contributed by atoms with E-state index < -0.39 is 0 Å². The maximum Gasteiger partial charge on any atom is 0.338 e. The minimum absolute atomic E-state index is 0.329. The molecular formula is C19H30O4. The molecule has 0 heterocycles. The van der Waals surface area contributed by atoms with Crippen LogP contribution < -0.4 is 9.47 Å². The van der Waals surface area contributed by atoms with Gasteiger partial charge >= 0.3 is 5.97 Å². The Labute approximate surface area is 140 Å². The van der Waals surface area contributed by atoms with Crippen molar-refractivity contribution in [2.75, 3.05) is 20.8 Å². The van der Waals surface area contributed by atoms with Crippen molar-refractivity contribution in [2.45, 2.75) is 58.3 Å². The van der Waals surface area contributed by atoms with Gasteiger partial charge in [-0.25, -0.2) is 4.79 Å². The zero-order valence-electron chi connectivity index (χ0n) is 14.7. The van der Waals surface area contributed by atoms with Gasteiger partial charge in [0.15, 0.2) is 0 Å². The van der Waals surface area contributed by atoms with Crippen LogP contribution in [0.15, 0.2) is 18.2 Å². The van der Waals surface area contributed by atoms with Crippen LogP contribution in [0.4, 0.5) is 0 Å². The maximum absolute atomic E-state index is 12.1. The van der Waals surface area contributed by atoms with E-state index in [4.69, 9.17) is 14.2 Å². The smallest absolute Gasteiger partial charge is 0.338 e. The van der Waals surface area contributed by atoms with Crippen molar-refractivity contribution < 1.29 is 19.0 Å². The van der Waals surface area contributed by atoms with E-state index in [1.54, 1.807) is 32.4 Å². The Morgan fingerprint density at radius 1 is 0.826 bits per heavy atom. The van der Waals surface area contributed by atoms with Gasteiger partial charge in [0, 0.05) is 6.07 Å². The molecule has 130 valence electrons. The van der Waals surface area contributed by atoms with Gasteiger partial charge in [0.1, 0.15) is 11.5 Å². The molecule has 1 rings (SSSR count). The average molecular weight is 322 g/mol. The average Bonchev–Trinajstić information content (AvgIpc) is 2.59. The van der Waals surface area contributed by atoms with Crippen LogP contribution in [-0.2, 0) is 4.74 Å². The standard InChI is InChI=1S/C19H30O4/c1-4-5-6-7-8-9-10-11-12-23-19(20)16-13-17(21-2)15-18(14-16)22-3/h13-15H,4-12H2,1-3H3. The van der Waals surface area contributed by atoms with Crippen molar-refractivity contribution >= 4 is 5.97 Å². The van der Waals surface area contributed by atoms with E-state index in [1.165, 1.54) is 38.5 Å². The first-order chi connectivity index (χ1) is 11.2. The predicted octanol–water partition coefficient (Wildman–Crippen LogP) is 5.00. The molecule has 1 aromatic carbocycles. The number of ether oxygens (including phenoxy) is 3. The Morgan fingerprint density at radius 3 is 1.87 bits per heavy atom. The molecule has 0 spiro atoms. The number of carbonyl (C=O) groups is 1. The fraction of sp³-hybridized carbons (Fsp3) is 0.632. The summed E-state index contributed by atoms with van der Waals surface area (Å²) >= 11 is 0. The van der Waals surface area contributed by atoms with E-state index in [-0.39, 0.29) is 5.97 Å². The Morgan fingerprint density at radius 2 is 1.35 bits per heavy atom. The minimum atomic E-state index is -0.329. The summed E-state index contributed by atoms with van der Waals surface area (Å²) in [6.45, 7) is 2.69. The lowest BCUT2D eigenvalue weighted by Gasteiger charge is -2.09. The van der Waals surface area contributed by atoms with Crippen molar-refractivity contribution in [3.63, 3.8) is 0 Å². The largest absolute Gasteiger partial charge is 0.497 e. The first-order valence-electron chi connectivity index (χ1n) is 8.61. The predicted molar refractivity (Wildman–Crippen MR) is 92.4 cm³/mol. The molecule has 4 nitrogen and oxygen atoms in total. The number of hydrogen-bond donors (Lipinski definition) is 0. The van der Waals surface area contributed by atoms with Gasteiger partial charge in [-0.3, -0.25) is 0 Å². The summed E-state index contributed by atoms with van der Waals surface area (Å²) in [5.74, 6) is 0.844. The van der Waals surface area contributed by atoms with Gasteiger partial charge < -0.3 is 14.2 Å². The molecule has 0 fully saturated rings. The molecule has 0 N–H and O–H groups in total. The van der Waals surface area contributed by atoms with Crippen LogP contribution in [0.1, 0.15) is 68.6 Å². The summed E-state index contributed by atoms with van der Waals surface area (Å²) in [5.41, 5.74) is 0.459. The maximum atomic E-state index is 12.1. The third-order valence-electron chi connectivity index (χ3n) is 3.82. The van der Waals surface area contributed by atoms with E-state index in [9.17, 15) is 4.79 Å². The highest BCUT2D eigenvalue weighted by Gasteiger charge is 2.11. The van der Waals surface area contributed by atoms with Crippen molar-refractivity contribution in [1.82, 2.24) is 0 Å². The van der Waals surface area contributed by atoms with E-state index in [1.807, 2.05) is 0 Å². The van der Waals surface area contributed by atoms with Crippen LogP contribution in [0, 0.1) is 0 Å². The van der Waals surface area contributed by atoms with Crippen LogP contribution in [-0.4, -0.2) is 26.8 Å². The molecule has 0 saturated carbocycles. The lowest BCUT2D eigenvalue weighted by atomic mass is 10.1. The number of carbonyl (C=O) groups excluding carboxylic acids is 1. The lowest BCUT2D eigenvalue weighted by molar-refractivity contribution is 0.0497. The molecule has 0 atom stereocenters. The number of unbranched alkanes of at least 4 members (excludes halogenated alkanes) is 7. The van der Waals surface area contributed by atoms with Crippen molar-refractivity contribution in [3.05, 3.63) is 23.8 Å². The fourth-order valence-electron chi connectivity index (χ4n) is 2.41. The molecule has 1 aromatic rings. The summed E-state index contributed by atoms with van der Waals surface area (Å²) in [6, 6.07) is 5.06. The van der Waals surface area contributed by atoms with Gasteiger partial charge in [-0.2, -0.15) is 0 Å². The molecule has 0 saturated heterocycles. The number of methoxy groups -OCH3 is 2. The summed E-state index contributed by atoms with van der Waals surface area (Å²) in [4.78, 5) is 12.1. The van der Waals surface area contributed by atoms with Gasteiger partial charge in [0.25, 0.3) is 0 Å². The quantitative estimate of drug-likeness (QED) is 0.401. The molecule has 0 unspecified atom stereocenters. The monoisotopic (exact) mass is 322 g/mol. The Balaban J connectivity index is 2.24. The second-order valence-electron chi connectivity index (χ2n) is 5.71. The van der Waals surface area contributed by atoms with Crippen LogP contribution in [0.5, 0.6) is 11.5 Å². The number of rotatable bonds is 12. The van der Waals surface area contributed by atoms with Crippen molar-refractivity contribution in [3.8, 4) is 11.5 Å². The number of hydrogen-bond acceptors (Lipinski definition) is 4. The topological polar surface area (TPSA) is 44.8 Å². The Bertz CT molecular complexity index is 434. The van der Waals surface area contributed by atoms with Crippen LogP contribution >= 0.6 is 0 Å². The Hall–Kier alpha value is -1.71. The first-order valence-corrected chi connectivity index (χ1v) is 8.61.